The predicted molar refractivity (Wildman–Crippen MR) is 124 cm³/mol. The smallest absolute Gasteiger partial charge is 0.224 e. The van der Waals surface area contributed by atoms with E-state index in [1.54, 1.807) is 12.1 Å². The molecule has 0 saturated heterocycles. The fourth-order valence-corrected chi connectivity index (χ4v) is 4.34. The van der Waals surface area contributed by atoms with Gasteiger partial charge in [0.05, 0.1) is 23.8 Å². The molecule has 0 aromatic heterocycles. The van der Waals surface area contributed by atoms with Crippen LogP contribution in [0.2, 0.25) is 10.0 Å². The van der Waals surface area contributed by atoms with Gasteiger partial charge in [-0.1, -0.05) is 41.4 Å². The summed E-state index contributed by atoms with van der Waals surface area (Å²) < 4.78 is 0. The molecule has 2 aromatic rings. The summed E-state index contributed by atoms with van der Waals surface area (Å²) in [5.74, 6) is -0.0300. The summed E-state index contributed by atoms with van der Waals surface area (Å²) in [5.41, 5.74) is 3.22. The Labute approximate surface area is 183 Å². The van der Waals surface area contributed by atoms with Crippen LogP contribution in [0.5, 0.6) is 0 Å². The molecule has 0 atom stereocenters. The number of rotatable bonds is 5. The molecule has 4 nitrogen and oxygen atoms in total. The largest absolute Gasteiger partial charge is 0.365 e. The Hall–Kier alpha value is -1.91. The van der Waals surface area contributed by atoms with E-state index in [1.807, 2.05) is 6.07 Å². The van der Waals surface area contributed by atoms with Gasteiger partial charge in [0.25, 0.3) is 0 Å². The SMILES string of the molecule is CC(C)N1CC(NC(=O)Cc2ccc(Cl)cc2Cl)CN(C(C)C)c2ccccc21. The number of fused-ring (bicyclic) bond motifs is 1. The summed E-state index contributed by atoms with van der Waals surface area (Å²) in [7, 11) is 0. The Morgan fingerprint density at radius 2 is 1.55 bits per heavy atom. The highest BCUT2D eigenvalue weighted by Crippen LogP contribution is 2.34. The van der Waals surface area contributed by atoms with Gasteiger partial charge in [-0.15, -0.1) is 0 Å². The molecule has 2 aromatic carbocycles. The van der Waals surface area contributed by atoms with Gasteiger partial charge in [-0.05, 0) is 57.5 Å². The molecular formula is C23H29Cl2N3O. The first kappa shape index (κ1) is 21.8. The fraction of sp³-hybridized carbons (Fsp3) is 0.435. The number of anilines is 2. The maximum absolute atomic E-state index is 12.8. The van der Waals surface area contributed by atoms with E-state index in [-0.39, 0.29) is 18.4 Å². The molecule has 1 heterocycles. The van der Waals surface area contributed by atoms with Crippen molar-refractivity contribution in [2.24, 2.45) is 0 Å². The van der Waals surface area contributed by atoms with E-state index in [4.69, 9.17) is 23.2 Å². The van der Waals surface area contributed by atoms with E-state index < -0.39 is 0 Å². The molecule has 0 aliphatic carbocycles. The maximum Gasteiger partial charge on any atom is 0.224 e. The zero-order valence-corrected chi connectivity index (χ0v) is 19.0. The van der Waals surface area contributed by atoms with Crippen molar-refractivity contribution in [1.29, 1.82) is 0 Å². The molecule has 6 heteroatoms. The summed E-state index contributed by atoms with van der Waals surface area (Å²) in [6.07, 6.45) is 0.239. The van der Waals surface area contributed by atoms with E-state index in [2.05, 4.69) is 67.1 Å². The van der Waals surface area contributed by atoms with Gasteiger partial charge in [-0.3, -0.25) is 4.79 Å². The monoisotopic (exact) mass is 433 g/mol. The van der Waals surface area contributed by atoms with Gasteiger partial charge in [0.1, 0.15) is 0 Å². The number of halogens is 2. The average Bonchev–Trinajstić information content (AvgIpc) is 2.81. The van der Waals surface area contributed by atoms with E-state index in [1.165, 1.54) is 11.4 Å². The lowest BCUT2D eigenvalue weighted by molar-refractivity contribution is -0.121. The number of hydrogen-bond donors (Lipinski definition) is 1. The van der Waals surface area contributed by atoms with Crippen molar-refractivity contribution < 1.29 is 4.79 Å². The lowest BCUT2D eigenvalue weighted by Crippen LogP contribution is -2.50. The standard InChI is InChI=1S/C23H29Cl2N3O/c1-15(2)27-13-19(14-28(16(3)4)22-8-6-5-7-21(22)27)26-23(29)11-17-9-10-18(24)12-20(17)25/h5-10,12,15-16,19H,11,13-14H2,1-4H3,(H,26,29). The van der Waals surface area contributed by atoms with Crippen LogP contribution in [0, 0.1) is 0 Å². The molecule has 1 N–H and O–H groups in total. The van der Waals surface area contributed by atoms with Crippen molar-refractivity contribution in [3.8, 4) is 0 Å². The molecule has 0 spiro atoms. The summed E-state index contributed by atoms with van der Waals surface area (Å²) >= 11 is 12.2. The molecule has 156 valence electrons. The Kier molecular flexibility index (Phi) is 6.97. The third-order valence-electron chi connectivity index (χ3n) is 5.31. The predicted octanol–water partition coefficient (Wildman–Crippen LogP) is 5.16. The molecule has 0 radical (unpaired) electrons. The summed E-state index contributed by atoms with van der Waals surface area (Å²) in [6.45, 7) is 10.3. The van der Waals surface area contributed by atoms with Crippen LogP contribution in [0.1, 0.15) is 33.3 Å². The lowest BCUT2D eigenvalue weighted by atomic mass is 10.1. The number of para-hydroxylation sites is 2. The van der Waals surface area contributed by atoms with Crippen LogP contribution in [0.15, 0.2) is 42.5 Å². The van der Waals surface area contributed by atoms with Crippen molar-refractivity contribution in [2.75, 3.05) is 22.9 Å². The minimum absolute atomic E-state index is 0.00535. The van der Waals surface area contributed by atoms with Gasteiger partial charge in [0, 0.05) is 35.2 Å². The van der Waals surface area contributed by atoms with Crippen LogP contribution in [0.25, 0.3) is 0 Å². The molecule has 0 unspecified atom stereocenters. The van der Waals surface area contributed by atoms with Gasteiger partial charge in [0.15, 0.2) is 0 Å². The van der Waals surface area contributed by atoms with Crippen LogP contribution in [0.4, 0.5) is 11.4 Å². The molecular weight excluding hydrogens is 405 g/mol. The number of nitrogens with zero attached hydrogens (tertiary/aromatic N) is 2. The zero-order chi connectivity index (χ0) is 21.1. The number of hydrogen-bond acceptors (Lipinski definition) is 3. The highest BCUT2D eigenvalue weighted by Gasteiger charge is 2.29. The number of benzene rings is 2. The van der Waals surface area contributed by atoms with Crippen molar-refractivity contribution in [3.05, 3.63) is 58.1 Å². The molecule has 1 aliphatic heterocycles. The zero-order valence-electron chi connectivity index (χ0n) is 17.5. The number of carbonyl (C=O) groups excluding carboxylic acids is 1. The number of carbonyl (C=O) groups is 1. The third-order valence-corrected chi connectivity index (χ3v) is 5.90. The first-order valence-electron chi connectivity index (χ1n) is 10.1. The van der Waals surface area contributed by atoms with Crippen LogP contribution in [0.3, 0.4) is 0 Å². The third kappa shape index (κ3) is 5.18. The van der Waals surface area contributed by atoms with E-state index in [0.29, 0.717) is 22.1 Å². The topological polar surface area (TPSA) is 35.6 Å². The number of amides is 1. The normalized spacial score (nSPS) is 14.9. The minimum atomic E-state index is -0.0300. The van der Waals surface area contributed by atoms with Gasteiger partial charge >= 0.3 is 0 Å². The molecule has 29 heavy (non-hydrogen) atoms. The Bertz CT molecular complexity index is 832. The van der Waals surface area contributed by atoms with Crippen molar-refractivity contribution in [3.63, 3.8) is 0 Å². The van der Waals surface area contributed by atoms with Gasteiger partial charge in [0.2, 0.25) is 5.91 Å². The molecule has 3 rings (SSSR count). The molecule has 1 aliphatic rings. The number of nitrogens with one attached hydrogen (secondary N) is 1. The van der Waals surface area contributed by atoms with Crippen LogP contribution in [-0.4, -0.2) is 37.1 Å². The lowest BCUT2D eigenvalue weighted by Gasteiger charge is -2.31. The summed E-state index contributed by atoms with van der Waals surface area (Å²) in [5, 5.41) is 4.33. The van der Waals surface area contributed by atoms with E-state index >= 15 is 0 Å². The molecule has 0 fully saturated rings. The molecule has 0 saturated carbocycles. The maximum atomic E-state index is 12.8. The van der Waals surface area contributed by atoms with Gasteiger partial charge < -0.3 is 15.1 Å². The second-order valence-corrected chi connectivity index (χ2v) is 9.00. The highest BCUT2D eigenvalue weighted by atomic mass is 35.5. The minimum Gasteiger partial charge on any atom is -0.365 e. The van der Waals surface area contributed by atoms with Crippen molar-refractivity contribution in [2.45, 2.75) is 52.2 Å². The van der Waals surface area contributed by atoms with Gasteiger partial charge in [-0.2, -0.15) is 0 Å². The summed E-state index contributed by atoms with van der Waals surface area (Å²) in [4.78, 5) is 17.6. The Morgan fingerprint density at radius 1 is 1.00 bits per heavy atom. The average molecular weight is 434 g/mol. The summed E-state index contributed by atoms with van der Waals surface area (Å²) in [6, 6.07) is 14.4. The first-order chi connectivity index (χ1) is 13.8. The molecule has 1 amide bonds. The van der Waals surface area contributed by atoms with Crippen LogP contribution < -0.4 is 15.1 Å². The van der Waals surface area contributed by atoms with Crippen LogP contribution >= 0.6 is 23.2 Å². The van der Waals surface area contributed by atoms with Crippen LogP contribution in [-0.2, 0) is 11.2 Å². The van der Waals surface area contributed by atoms with Crippen molar-refractivity contribution >= 4 is 40.5 Å². The second-order valence-electron chi connectivity index (χ2n) is 8.16. The fourth-order valence-electron chi connectivity index (χ4n) is 3.87. The Morgan fingerprint density at radius 3 is 2.03 bits per heavy atom. The van der Waals surface area contributed by atoms with Crippen molar-refractivity contribution in [1.82, 2.24) is 5.32 Å². The Balaban J connectivity index is 1.81. The highest BCUT2D eigenvalue weighted by molar-refractivity contribution is 6.35. The van der Waals surface area contributed by atoms with E-state index in [9.17, 15) is 4.79 Å². The first-order valence-corrected chi connectivity index (χ1v) is 10.9. The quantitative estimate of drug-likeness (QED) is 0.706. The van der Waals surface area contributed by atoms with Gasteiger partial charge in [-0.25, -0.2) is 0 Å². The second kappa shape index (κ2) is 9.27. The van der Waals surface area contributed by atoms with E-state index in [0.717, 1.165) is 18.7 Å². The molecule has 0 bridgehead atoms.